The zero-order valence-corrected chi connectivity index (χ0v) is 9.99. The van der Waals surface area contributed by atoms with Crippen LogP contribution in [0.15, 0.2) is 12.5 Å². The number of aromatic nitrogens is 2. The summed E-state index contributed by atoms with van der Waals surface area (Å²) < 4.78 is 26.4. The van der Waals surface area contributed by atoms with Crippen molar-refractivity contribution in [3.63, 3.8) is 0 Å². The zero-order chi connectivity index (χ0) is 13.4. The molecule has 6 heteroatoms. The van der Waals surface area contributed by atoms with E-state index >= 15 is 0 Å². The van der Waals surface area contributed by atoms with Crippen LogP contribution >= 0.6 is 0 Å². The van der Waals surface area contributed by atoms with Gasteiger partial charge in [-0.05, 0) is 19.8 Å². The molecule has 1 aromatic heterocycles. The normalized spacial score (nSPS) is 21.5. The minimum atomic E-state index is -2.76. The average molecular weight is 256 g/mol. The molecule has 0 unspecified atom stereocenters. The van der Waals surface area contributed by atoms with Crippen LogP contribution in [0, 0.1) is 6.92 Å². The van der Waals surface area contributed by atoms with Crippen molar-refractivity contribution in [2.75, 3.05) is 0 Å². The lowest BCUT2D eigenvalue weighted by atomic mass is 9.68. The van der Waals surface area contributed by atoms with Gasteiger partial charge in [0.05, 0.1) is 5.41 Å². The summed E-state index contributed by atoms with van der Waals surface area (Å²) in [6.45, 7) is 1.68. The Labute approximate surface area is 103 Å². The van der Waals surface area contributed by atoms with Gasteiger partial charge < -0.3 is 5.11 Å². The standard InChI is InChI=1S/C12H14F2N2O2/c1-8-9(6-15-7-16-8)11(10(17)18)2-4-12(13,14)5-3-11/h6-7H,2-5H2,1H3,(H,17,18). The van der Waals surface area contributed by atoms with E-state index in [0.29, 0.717) is 11.3 Å². The lowest BCUT2D eigenvalue weighted by Gasteiger charge is -2.37. The van der Waals surface area contributed by atoms with E-state index in [1.807, 2.05) is 0 Å². The van der Waals surface area contributed by atoms with E-state index < -0.39 is 30.1 Å². The van der Waals surface area contributed by atoms with Gasteiger partial charge in [0.2, 0.25) is 5.92 Å². The minimum absolute atomic E-state index is 0.0798. The predicted molar refractivity (Wildman–Crippen MR) is 59.5 cm³/mol. The van der Waals surface area contributed by atoms with Crippen LogP contribution in [-0.2, 0) is 10.2 Å². The Morgan fingerprint density at radius 3 is 2.44 bits per heavy atom. The number of aryl methyl sites for hydroxylation is 1. The van der Waals surface area contributed by atoms with Gasteiger partial charge in [-0.15, -0.1) is 0 Å². The fourth-order valence-corrected chi connectivity index (χ4v) is 2.50. The van der Waals surface area contributed by atoms with E-state index in [0.717, 1.165) is 0 Å². The van der Waals surface area contributed by atoms with Crippen LogP contribution in [-0.4, -0.2) is 27.0 Å². The number of carboxylic acids is 1. The number of nitrogens with zero attached hydrogens (tertiary/aromatic N) is 2. The smallest absolute Gasteiger partial charge is 0.314 e. The van der Waals surface area contributed by atoms with E-state index in [-0.39, 0.29) is 12.8 Å². The van der Waals surface area contributed by atoms with Gasteiger partial charge >= 0.3 is 5.97 Å². The molecule has 98 valence electrons. The molecule has 2 rings (SSSR count). The molecule has 1 N–H and O–H groups in total. The van der Waals surface area contributed by atoms with Crippen LogP contribution < -0.4 is 0 Å². The number of carbonyl (C=O) groups is 1. The fourth-order valence-electron chi connectivity index (χ4n) is 2.50. The van der Waals surface area contributed by atoms with E-state index in [1.54, 1.807) is 6.92 Å². The topological polar surface area (TPSA) is 63.1 Å². The molecule has 1 heterocycles. The van der Waals surface area contributed by atoms with Gasteiger partial charge in [-0.1, -0.05) is 0 Å². The quantitative estimate of drug-likeness (QED) is 0.882. The maximum absolute atomic E-state index is 13.2. The van der Waals surface area contributed by atoms with Gasteiger partial charge in [-0.2, -0.15) is 0 Å². The summed E-state index contributed by atoms with van der Waals surface area (Å²) in [4.78, 5) is 19.3. The molecule has 1 aliphatic rings. The van der Waals surface area contributed by atoms with Gasteiger partial charge in [-0.3, -0.25) is 4.79 Å². The van der Waals surface area contributed by atoms with Crippen molar-refractivity contribution in [3.8, 4) is 0 Å². The van der Waals surface area contributed by atoms with E-state index in [2.05, 4.69) is 9.97 Å². The third-order valence-corrected chi connectivity index (χ3v) is 3.67. The first-order chi connectivity index (χ1) is 8.37. The molecule has 1 aromatic rings. The van der Waals surface area contributed by atoms with E-state index in [4.69, 9.17) is 0 Å². The van der Waals surface area contributed by atoms with Crippen LogP contribution in [0.1, 0.15) is 36.9 Å². The Bertz CT molecular complexity index is 467. The number of halogens is 2. The highest BCUT2D eigenvalue weighted by atomic mass is 19.3. The molecule has 1 fully saturated rings. The van der Waals surface area contributed by atoms with Gasteiger partial charge in [0, 0.05) is 30.3 Å². The van der Waals surface area contributed by atoms with Crippen molar-refractivity contribution >= 4 is 5.97 Å². The van der Waals surface area contributed by atoms with Crippen molar-refractivity contribution in [2.45, 2.75) is 43.9 Å². The first kappa shape index (κ1) is 12.9. The summed E-state index contributed by atoms with van der Waals surface area (Å²) in [5.74, 6) is -3.83. The largest absolute Gasteiger partial charge is 0.481 e. The summed E-state index contributed by atoms with van der Waals surface area (Å²) in [7, 11) is 0. The highest BCUT2D eigenvalue weighted by Crippen LogP contribution is 2.46. The van der Waals surface area contributed by atoms with E-state index in [1.165, 1.54) is 12.5 Å². The Morgan fingerprint density at radius 1 is 1.33 bits per heavy atom. The molecular formula is C12H14F2N2O2. The molecular weight excluding hydrogens is 242 g/mol. The second-order valence-corrected chi connectivity index (χ2v) is 4.77. The number of alkyl halides is 2. The SMILES string of the molecule is Cc1ncncc1C1(C(=O)O)CCC(F)(F)CC1. The molecule has 0 spiro atoms. The van der Waals surface area contributed by atoms with Crippen LogP contribution in [0.5, 0.6) is 0 Å². The molecule has 1 saturated carbocycles. The molecule has 0 aromatic carbocycles. The lowest BCUT2D eigenvalue weighted by Crippen LogP contribution is -2.43. The van der Waals surface area contributed by atoms with Crippen molar-refractivity contribution in [3.05, 3.63) is 23.8 Å². The molecule has 0 radical (unpaired) electrons. The third-order valence-electron chi connectivity index (χ3n) is 3.67. The number of rotatable bonds is 2. The van der Waals surface area contributed by atoms with Crippen molar-refractivity contribution < 1.29 is 18.7 Å². The van der Waals surface area contributed by atoms with Crippen LogP contribution in [0.4, 0.5) is 8.78 Å². The van der Waals surface area contributed by atoms with Crippen molar-refractivity contribution in [1.82, 2.24) is 9.97 Å². The number of hydrogen-bond donors (Lipinski definition) is 1. The van der Waals surface area contributed by atoms with Crippen molar-refractivity contribution in [2.24, 2.45) is 0 Å². The summed E-state index contributed by atoms with van der Waals surface area (Å²) >= 11 is 0. The maximum Gasteiger partial charge on any atom is 0.314 e. The Kier molecular flexibility index (Phi) is 3.04. The lowest BCUT2D eigenvalue weighted by molar-refractivity contribution is -0.149. The first-order valence-electron chi connectivity index (χ1n) is 5.76. The zero-order valence-electron chi connectivity index (χ0n) is 9.99. The van der Waals surface area contributed by atoms with Crippen LogP contribution in [0.25, 0.3) is 0 Å². The second kappa shape index (κ2) is 4.26. The molecule has 0 aliphatic heterocycles. The molecule has 18 heavy (non-hydrogen) atoms. The second-order valence-electron chi connectivity index (χ2n) is 4.77. The molecule has 0 amide bonds. The summed E-state index contributed by atoms with van der Waals surface area (Å²) in [6.07, 6.45) is 1.78. The van der Waals surface area contributed by atoms with Crippen LogP contribution in [0.2, 0.25) is 0 Å². The summed E-state index contributed by atoms with van der Waals surface area (Å²) in [5, 5.41) is 9.44. The Balaban J connectivity index is 2.42. The van der Waals surface area contributed by atoms with Crippen molar-refractivity contribution in [1.29, 1.82) is 0 Å². The Morgan fingerprint density at radius 2 is 1.94 bits per heavy atom. The molecule has 4 nitrogen and oxygen atoms in total. The number of aliphatic carboxylic acids is 1. The summed E-state index contributed by atoms with van der Waals surface area (Å²) in [6, 6.07) is 0. The fraction of sp³-hybridized carbons (Fsp3) is 0.583. The number of hydrogen-bond acceptors (Lipinski definition) is 3. The highest BCUT2D eigenvalue weighted by molar-refractivity contribution is 5.81. The first-order valence-corrected chi connectivity index (χ1v) is 5.76. The Hall–Kier alpha value is -1.59. The molecule has 0 atom stereocenters. The van der Waals surface area contributed by atoms with Crippen LogP contribution in [0.3, 0.4) is 0 Å². The minimum Gasteiger partial charge on any atom is -0.481 e. The van der Waals surface area contributed by atoms with Gasteiger partial charge in [-0.25, -0.2) is 18.7 Å². The third kappa shape index (κ3) is 2.07. The van der Waals surface area contributed by atoms with Gasteiger partial charge in [0.1, 0.15) is 6.33 Å². The van der Waals surface area contributed by atoms with E-state index in [9.17, 15) is 18.7 Å². The molecule has 0 saturated heterocycles. The summed E-state index contributed by atoms with van der Waals surface area (Å²) in [5.41, 5.74) is -0.279. The van der Waals surface area contributed by atoms with Gasteiger partial charge in [0.25, 0.3) is 0 Å². The predicted octanol–water partition coefficient (Wildman–Crippen LogP) is 2.32. The molecule has 0 bridgehead atoms. The molecule has 1 aliphatic carbocycles. The highest BCUT2D eigenvalue weighted by Gasteiger charge is 2.50. The maximum atomic E-state index is 13.2. The average Bonchev–Trinajstić information content (AvgIpc) is 2.30. The van der Waals surface area contributed by atoms with Gasteiger partial charge in [0.15, 0.2) is 0 Å². The number of carboxylic acid groups (broad SMARTS) is 1. The monoisotopic (exact) mass is 256 g/mol.